The summed E-state index contributed by atoms with van der Waals surface area (Å²) in [5.74, 6) is -1.32. The van der Waals surface area contributed by atoms with E-state index < -0.39 is 23.8 Å². The van der Waals surface area contributed by atoms with Gasteiger partial charge in [-0.3, -0.25) is 14.4 Å². The van der Waals surface area contributed by atoms with Crippen LogP contribution in [0.15, 0.2) is 47.0 Å². The number of ether oxygens (including phenoxy) is 1. The molecule has 1 fully saturated rings. The smallest absolute Gasteiger partial charge is 0.307 e. The fraction of sp³-hybridized carbons (Fsp3) is 0.419. The number of aliphatic carboxylic acids is 1. The molecule has 3 aromatic rings. The zero-order valence-corrected chi connectivity index (χ0v) is 23.6. The Kier molecular flexibility index (Phi) is 7.46. The third-order valence-electron chi connectivity index (χ3n) is 8.60. The lowest BCUT2D eigenvalue weighted by molar-refractivity contribution is -0.153. The van der Waals surface area contributed by atoms with Crippen molar-refractivity contribution in [3.8, 4) is 5.75 Å². The Labute approximate surface area is 243 Å². The van der Waals surface area contributed by atoms with E-state index in [-0.39, 0.29) is 25.0 Å². The predicted octanol–water partition coefficient (Wildman–Crippen LogP) is 5.19. The number of aryl methyl sites for hydroxylation is 1. The van der Waals surface area contributed by atoms with Crippen LogP contribution in [0.2, 0.25) is 5.02 Å². The van der Waals surface area contributed by atoms with Gasteiger partial charge in [-0.15, -0.1) is 0 Å². The molecule has 3 heterocycles. The quantitative estimate of drug-likeness (QED) is 0.411. The second-order valence-corrected chi connectivity index (χ2v) is 11.5. The van der Waals surface area contributed by atoms with Crippen LogP contribution in [-0.2, 0) is 29.2 Å². The molecule has 2 aliphatic heterocycles. The van der Waals surface area contributed by atoms with Crippen molar-refractivity contribution in [1.82, 2.24) is 15.0 Å². The van der Waals surface area contributed by atoms with Crippen LogP contribution in [0.25, 0.3) is 0 Å². The number of hydrogen-bond donors (Lipinski definition) is 1. The largest absolute Gasteiger partial charge is 0.487 e. The Hall–Kier alpha value is -3.85. The van der Waals surface area contributed by atoms with Gasteiger partial charge in [-0.05, 0) is 55.5 Å². The number of rotatable bonds is 7. The molecule has 3 aliphatic rings. The van der Waals surface area contributed by atoms with Gasteiger partial charge in [0.2, 0.25) is 5.91 Å². The van der Waals surface area contributed by atoms with Crippen LogP contribution in [0.1, 0.15) is 70.2 Å². The zero-order chi connectivity index (χ0) is 28.7. The van der Waals surface area contributed by atoms with E-state index in [0.717, 1.165) is 29.5 Å². The lowest BCUT2D eigenvalue weighted by Gasteiger charge is -2.43. The molecule has 0 radical (unpaired) electrons. The fourth-order valence-corrected chi connectivity index (χ4v) is 6.86. The van der Waals surface area contributed by atoms with Crippen LogP contribution >= 0.6 is 11.6 Å². The molecule has 214 valence electrons. The second kappa shape index (κ2) is 11.2. The van der Waals surface area contributed by atoms with Crippen LogP contribution in [-0.4, -0.2) is 50.9 Å². The molecule has 3 atom stereocenters. The number of aromatic nitrogens is 1. The third-order valence-corrected chi connectivity index (χ3v) is 8.95. The molecular formula is C31H32ClN3O6. The van der Waals surface area contributed by atoms with Gasteiger partial charge in [-0.25, -0.2) is 0 Å². The summed E-state index contributed by atoms with van der Waals surface area (Å²) >= 11 is 6.71. The number of halogens is 1. The topological polar surface area (TPSA) is 113 Å². The fourth-order valence-electron chi connectivity index (χ4n) is 6.60. The maximum Gasteiger partial charge on any atom is 0.307 e. The maximum absolute atomic E-state index is 14.2. The molecule has 2 amide bonds. The van der Waals surface area contributed by atoms with E-state index in [4.69, 9.17) is 20.9 Å². The zero-order valence-electron chi connectivity index (χ0n) is 22.8. The summed E-state index contributed by atoms with van der Waals surface area (Å²) in [6.45, 7) is 3.00. The van der Waals surface area contributed by atoms with E-state index in [9.17, 15) is 19.5 Å². The van der Waals surface area contributed by atoms with Crippen LogP contribution in [0.3, 0.4) is 0 Å². The summed E-state index contributed by atoms with van der Waals surface area (Å²) in [6, 6.07) is 12.3. The second-order valence-electron chi connectivity index (χ2n) is 11.1. The first kappa shape index (κ1) is 27.3. The first-order valence-corrected chi connectivity index (χ1v) is 14.5. The minimum atomic E-state index is -0.933. The molecule has 1 aromatic heterocycles. The Morgan fingerprint density at radius 1 is 1.15 bits per heavy atom. The van der Waals surface area contributed by atoms with Gasteiger partial charge in [0.1, 0.15) is 23.8 Å². The molecule has 2 aromatic carbocycles. The van der Waals surface area contributed by atoms with Crippen LogP contribution < -0.4 is 4.74 Å². The minimum absolute atomic E-state index is 0.0937. The van der Waals surface area contributed by atoms with E-state index >= 15 is 0 Å². The van der Waals surface area contributed by atoms with Gasteiger partial charge in [0.05, 0.1) is 17.9 Å². The van der Waals surface area contributed by atoms with Gasteiger partial charge in [0, 0.05) is 41.9 Å². The Morgan fingerprint density at radius 3 is 2.66 bits per heavy atom. The van der Waals surface area contributed by atoms with Gasteiger partial charge in [0.15, 0.2) is 0 Å². The molecule has 1 aliphatic carbocycles. The highest BCUT2D eigenvalue weighted by molar-refractivity contribution is 6.31. The monoisotopic (exact) mass is 577 g/mol. The van der Waals surface area contributed by atoms with E-state index in [1.807, 2.05) is 24.3 Å². The van der Waals surface area contributed by atoms with Crippen molar-refractivity contribution in [3.63, 3.8) is 0 Å². The summed E-state index contributed by atoms with van der Waals surface area (Å²) in [5.41, 5.74) is 3.85. The third kappa shape index (κ3) is 5.19. The summed E-state index contributed by atoms with van der Waals surface area (Å²) in [4.78, 5) is 43.3. The van der Waals surface area contributed by atoms with Crippen molar-refractivity contribution in [1.29, 1.82) is 0 Å². The number of carboxylic acids is 1. The molecule has 6 rings (SSSR count). The maximum atomic E-state index is 14.2. The molecule has 0 spiro atoms. The summed E-state index contributed by atoms with van der Waals surface area (Å²) in [6.07, 6.45) is 3.12. The van der Waals surface area contributed by atoms with Gasteiger partial charge in [0.25, 0.3) is 5.91 Å². The number of carboxylic acid groups (broad SMARTS) is 1. The van der Waals surface area contributed by atoms with Crippen LogP contribution in [0.5, 0.6) is 5.75 Å². The molecule has 0 bridgehead atoms. The normalized spacial score (nSPS) is 21.9. The van der Waals surface area contributed by atoms with Gasteiger partial charge in [-0.2, -0.15) is 0 Å². The minimum Gasteiger partial charge on any atom is -0.487 e. The highest BCUT2D eigenvalue weighted by Gasteiger charge is 2.44. The van der Waals surface area contributed by atoms with Crippen molar-refractivity contribution < 1.29 is 28.8 Å². The summed E-state index contributed by atoms with van der Waals surface area (Å²) < 4.78 is 11.4. The molecular weight excluding hydrogens is 546 g/mol. The Morgan fingerprint density at radius 2 is 1.93 bits per heavy atom. The number of nitrogens with zero attached hydrogens (tertiary/aromatic N) is 3. The molecule has 10 heteroatoms. The molecule has 0 saturated heterocycles. The molecule has 1 N–H and O–H groups in total. The predicted molar refractivity (Wildman–Crippen MR) is 149 cm³/mol. The van der Waals surface area contributed by atoms with Gasteiger partial charge >= 0.3 is 5.97 Å². The number of benzene rings is 2. The number of hydrogen-bond acceptors (Lipinski definition) is 6. The van der Waals surface area contributed by atoms with Crippen LogP contribution in [0, 0.1) is 18.8 Å². The van der Waals surface area contributed by atoms with Gasteiger partial charge in [-0.1, -0.05) is 47.8 Å². The van der Waals surface area contributed by atoms with Crippen molar-refractivity contribution in [2.24, 2.45) is 11.8 Å². The SMILES string of the molecule is Cc1cc(COc2ccc(Cl)c3c2[C@@H](CN2Cc4ccccc4C2=O)N(C(=O)[C@@H]2CCCC[C@@H]2C(=O)O)CC3)no1. The highest BCUT2D eigenvalue weighted by atomic mass is 35.5. The van der Waals surface area contributed by atoms with Crippen molar-refractivity contribution in [3.05, 3.63) is 81.2 Å². The first-order chi connectivity index (χ1) is 19.8. The van der Waals surface area contributed by atoms with E-state index in [1.54, 1.807) is 34.9 Å². The Bertz CT molecular complexity index is 1500. The van der Waals surface area contributed by atoms with Crippen LogP contribution in [0.4, 0.5) is 0 Å². The van der Waals surface area contributed by atoms with Crippen molar-refractivity contribution in [2.45, 2.75) is 58.2 Å². The summed E-state index contributed by atoms with van der Waals surface area (Å²) in [7, 11) is 0. The lowest BCUT2D eigenvalue weighted by atomic mass is 9.77. The Balaban J connectivity index is 1.38. The lowest BCUT2D eigenvalue weighted by Crippen LogP contribution is -2.50. The molecule has 9 nitrogen and oxygen atoms in total. The standard InChI is InChI=1S/C31H32ClN3O6/c1-18-14-20(33-41-18)17-40-27-11-10-25(32)24-12-13-35(30(37)22-8-4-5-9-23(22)31(38)39)26(28(24)27)16-34-15-19-6-2-3-7-21(19)29(34)36/h2-3,6-7,10-11,14,22-23,26H,4-5,8-9,12-13,15-17H2,1H3,(H,38,39)/t22-,23+,26-/m1/s1. The summed E-state index contributed by atoms with van der Waals surface area (Å²) in [5, 5.41) is 14.5. The molecule has 0 unspecified atom stereocenters. The molecule has 41 heavy (non-hydrogen) atoms. The van der Waals surface area contributed by atoms with Crippen molar-refractivity contribution >= 4 is 29.4 Å². The highest BCUT2D eigenvalue weighted by Crippen LogP contribution is 2.43. The average molecular weight is 578 g/mol. The number of carbonyl (C=O) groups is 3. The number of fused-ring (bicyclic) bond motifs is 2. The number of amides is 2. The molecule has 1 saturated carbocycles. The number of carbonyl (C=O) groups excluding carboxylic acids is 2. The van der Waals surface area contributed by atoms with E-state index in [0.29, 0.717) is 60.1 Å². The van der Waals surface area contributed by atoms with E-state index in [2.05, 4.69) is 5.16 Å². The van der Waals surface area contributed by atoms with Crippen molar-refractivity contribution in [2.75, 3.05) is 13.1 Å². The van der Waals surface area contributed by atoms with E-state index in [1.165, 1.54) is 0 Å². The average Bonchev–Trinajstić information content (AvgIpc) is 3.54. The van der Waals surface area contributed by atoms with Gasteiger partial charge < -0.3 is 24.2 Å². The first-order valence-electron chi connectivity index (χ1n) is 14.1.